The Labute approximate surface area is 169 Å². The molecule has 0 radical (unpaired) electrons. The van der Waals surface area contributed by atoms with Crippen LogP contribution in [-0.2, 0) is 0 Å². The van der Waals surface area contributed by atoms with Crippen LogP contribution in [0.4, 0.5) is 0 Å². The number of aldehydes is 1. The smallest absolute Gasteiger partial charge is 0.166 e. The number of ether oxygens (including phenoxy) is 1. The first-order valence-corrected chi connectivity index (χ1v) is 11.1. The van der Waals surface area contributed by atoms with Gasteiger partial charge in [-0.05, 0) is 81.6 Å². The molecule has 1 unspecified atom stereocenters. The lowest BCUT2D eigenvalue weighted by molar-refractivity contribution is 0.0922. The van der Waals surface area contributed by atoms with E-state index in [2.05, 4.69) is 4.90 Å². The summed E-state index contributed by atoms with van der Waals surface area (Å²) in [7, 11) is 0. The van der Waals surface area contributed by atoms with Gasteiger partial charge in [0, 0.05) is 23.6 Å². The standard InChI is InChI=1S/C24H35NO3/c1-3-18(2)24(27)23-8-7-22(15-21(23)17-26)28-14-11-19-9-12-25(13-10-19)16-20-5-4-6-20/h7-8,15,17-20H,3-6,9-14,16H2,1-2H3. The molecule has 0 aromatic heterocycles. The van der Waals surface area contributed by atoms with Crippen molar-refractivity contribution in [3.8, 4) is 5.75 Å². The zero-order chi connectivity index (χ0) is 19.9. The second-order valence-corrected chi connectivity index (χ2v) is 8.72. The third kappa shape index (κ3) is 5.44. The lowest BCUT2D eigenvalue weighted by atomic mass is 9.84. The molecule has 2 fully saturated rings. The van der Waals surface area contributed by atoms with E-state index in [9.17, 15) is 9.59 Å². The summed E-state index contributed by atoms with van der Waals surface area (Å²) < 4.78 is 5.91. The molecule has 1 aliphatic heterocycles. The first-order chi connectivity index (χ1) is 13.6. The number of carbonyl (C=O) groups is 2. The van der Waals surface area contributed by atoms with Gasteiger partial charge in [0.25, 0.3) is 0 Å². The van der Waals surface area contributed by atoms with E-state index in [0.29, 0.717) is 23.5 Å². The highest BCUT2D eigenvalue weighted by atomic mass is 16.5. The molecule has 0 bridgehead atoms. The number of Topliss-reactive ketones (excluding diaryl/α,β-unsaturated/α-hetero) is 1. The molecule has 1 heterocycles. The highest BCUT2D eigenvalue weighted by Gasteiger charge is 2.24. The van der Waals surface area contributed by atoms with Crippen LogP contribution in [0.3, 0.4) is 0 Å². The fourth-order valence-corrected chi connectivity index (χ4v) is 4.24. The van der Waals surface area contributed by atoms with Crippen molar-refractivity contribution < 1.29 is 14.3 Å². The monoisotopic (exact) mass is 385 g/mol. The predicted molar refractivity (Wildman–Crippen MR) is 112 cm³/mol. The first kappa shape index (κ1) is 21.0. The summed E-state index contributed by atoms with van der Waals surface area (Å²) in [4.78, 5) is 26.5. The molecule has 1 aromatic carbocycles. The summed E-state index contributed by atoms with van der Waals surface area (Å²) >= 11 is 0. The molecule has 1 saturated carbocycles. The maximum absolute atomic E-state index is 12.4. The van der Waals surface area contributed by atoms with Gasteiger partial charge in [-0.2, -0.15) is 0 Å². The average Bonchev–Trinajstić information content (AvgIpc) is 2.70. The molecule has 154 valence electrons. The Hall–Kier alpha value is -1.68. The van der Waals surface area contributed by atoms with Gasteiger partial charge in [-0.1, -0.05) is 20.3 Å². The van der Waals surface area contributed by atoms with Gasteiger partial charge in [-0.15, -0.1) is 0 Å². The molecule has 4 nitrogen and oxygen atoms in total. The predicted octanol–water partition coefficient (Wildman–Crippen LogP) is 5.01. The molecule has 1 aromatic rings. The molecular formula is C24H35NO3. The van der Waals surface area contributed by atoms with Crippen LogP contribution in [0.2, 0.25) is 0 Å². The van der Waals surface area contributed by atoms with Crippen LogP contribution in [0.25, 0.3) is 0 Å². The van der Waals surface area contributed by atoms with Gasteiger partial charge in [0.15, 0.2) is 12.1 Å². The number of likely N-dealkylation sites (tertiary alicyclic amines) is 1. The quantitative estimate of drug-likeness (QED) is 0.420. The van der Waals surface area contributed by atoms with E-state index in [1.54, 1.807) is 12.1 Å². The highest BCUT2D eigenvalue weighted by molar-refractivity contribution is 6.04. The molecule has 0 N–H and O–H groups in total. The third-order valence-electron chi connectivity index (χ3n) is 6.72. The minimum atomic E-state index is -0.0689. The molecule has 28 heavy (non-hydrogen) atoms. The molecule has 1 atom stereocenters. The minimum Gasteiger partial charge on any atom is -0.494 e. The molecule has 1 aliphatic carbocycles. The number of hydrogen-bond donors (Lipinski definition) is 0. The largest absolute Gasteiger partial charge is 0.494 e. The van der Waals surface area contributed by atoms with E-state index in [-0.39, 0.29) is 11.7 Å². The number of rotatable bonds is 10. The van der Waals surface area contributed by atoms with Gasteiger partial charge in [-0.3, -0.25) is 9.59 Å². The summed E-state index contributed by atoms with van der Waals surface area (Å²) in [6.45, 7) is 8.31. The number of piperidine rings is 1. The van der Waals surface area contributed by atoms with Crippen LogP contribution in [-0.4, -0.2) is 43.2 Å². The first-order valence-electron chi connectivity index (χ1n) is 11.1. The summed E-state index contributed by atoms with van der Waals surface area (Å²) in [6, 6.07) is 5.28. The topological polar surface area (TPSA) is 46.6 Å². The van der Waals surface area contributed by atoms with Crippen LogP contribution >= 0.6 is 0 Å². The summed E-state index contributed by atoms with van der Waals surface area (Å²) in [5, 5.41) is 0. The SMILES string of the molecule is CCC(C)C(=O)c1ccc(OCCC2CCN(CC3CCC3)CC2)cc1C=O. The van der Waals surface area contributed by atoms with Gasteiger partial charge in [-0.25, -0.2) is 0 Å². The van der Waals surface area contributed by atoms with Gasteiger partial charge >= 0.3 is 0 Å². The highest BCUT2D eigenvalue weighted by Crippen LogP contribution is 2.29. The summed E-state index contributed by atoms with van der Waals surface area (Å²) in [5.74, 6) is 2.34. The van der Waals surface area contributed by atoms with E-state index in [1.165, 1.54) is 51.7 Å². The maximum atomic E-state index is 12.4. The Morgan fingerprint density at radius 2 is 1.96 bits per heavy atom. The van der Waals surface area contributed by atoms with Crippen LogP contribution in [0.15, 0.2) is 18.2 Å². The van der Waals surface area contributed by atoms with Crippen molar-refractivity contribution in [3.05, 3.63) is 29.3 Å². The minimum absolute atomic E-state index is 0.0322. The molecule has 1 saturated heterocycles. The van der Waals surface area contributed by atoms with Crippen LogP contribution in [0.1, 0.15) is 79.5 Å². The van der Waals surface area contributed by atoms with Crippen molar-refractivity contribution in [3.63, 3.8) is 0 Å². The van der Waals surface area contributed by atoms with Crippen molar-refractivity contribution in [1.82, 2.24) is 4.90 Å². The summed E-state index contributed by atoms with van der Waals surface area (Å²) in [6.07, 6.45) is 9.40. The number of ketones is 1. The van der Waals surface area contributed by atoms with Gasteiger partial charge in [0.2, 0.25) is 0 Å². The van der Waals surface area contributed by atoms with Crippen LogP contribution < -0.4 is 4.74 Å². The molecule has 2 aliphatic rings. The molecule has 3 rings (SSSR count). The molecule has 4 heteroatoms. The summed E-state index contributed by atoms with van der Waals surface area (Å²) in [5.41, 5.74) is 0.947. The van der Waals surface area contributed by atoms with Gasteiger partial charge in [0.05, 0.1) is 6.61 Å². The Morgan fingerprint density at radius 1 is 1.21 bits per heavy atom. The second-order valence-electron chi connectivity index (χ2n) is 8.72. The maximum Gasteiger partial charge on any atom is 0.166 e. The van der Waals surface area contributed by atoms with Crippen molar-refractivity contribution in [2.75, 3.05) is 26.2 Å². The van der Waals surface area contributed by atoms with Gasteiger partial charge < -0.3 is 9.64 Å². The van der Waals surface area contributed by atoms with E-state index < -0.39 is 0 Å². The number of hydrogen-bond acceptors (Lipinski definition) is 4. The Morgan fingerprint density at radius 3 is 2.57 bits per heavy atom. The third-order valence-corrected chi connectivity index (χ3v) is 6.72. The lowest BCUT2D eigenvalue weighted by Gasteiger charge is -2.37. The Balaban J connectivity index is 1.43. The number of carbonyl (C=O) groups excluding carboxylic acids is 2. The van der Waals surface area contributed by atoms with E-state index >= 15 is 0 Å². The van der Waals surface area contributed by atoms with Crippen LogP contribution in [0.5, 0.6) is 5.75 Å². The second kappa shape index (κ2) is 10.2. The fraction of sp³-hybridized carbons (Fsp3) is 0.667. The van der Waals surface area contributed by atoms with Crippen molar-refractivity contribution >= 4 is 12.1 Å². The van der Waals surface area contributed by atoms with Gasteiger partial charge in [0.1, 0.15) is 5.75 Å². The van der Waals surface area contributed by atoms with E-state index in [1.807, 2.05) is 19.9 Å². The fourth-order valence-electron chi connectivity index (χ4n) is 4.24. The van der Waals surface area contributed by atoms with E-state index in [0.717, 1.165) is 31.0 Å². The molecule has 0 spiro atoms. The number of nitrogens with zero attached hydrogens (tertiary/aromatic N) is 1. The molecular weight excluding hydrogens is 350 g/mol. The number of benzene rings is 1. The van der Waals surface area contributed by atoms with Crippen LogP contribution in [0, 0.1) is 17.8 Å². The van der Waals surface area contributed by atoms with E-state index in [4.69, 9.17) is 4.74 Å². The van der Waals surface area contributed by atoms with Crippen molar-refractivity contribution in [2.24, 2.45) is 17.8 Å². The lowest BCUT2D eigenvalue weighted by Crippen LogP contribution is -2.38. The average molecular weight is 386 g/mol. The molecule has 0 amide bonds. The van der Waals surface area contributed by atoms with Crippen molar-refractivity contribution in [1.29, 1.82) is 0 Å². The Bertz CT molecular complexity index is 660. The zero-order valence-corrected chi connectivity index (χ0v) is 17.5. The Kier molecular flexibility index (Phi) is 7.66. The normalized spacial score (nSPS) is 19.8. The zero-order valence-electron chi connectivity index (χ0n) is 17.5. The van der Waals surface area contributed by atoms with Crippen molar-refractivity contribution in [2.45, 2.75) is 58.8 Å².